The van der Waals surface area contributed by atoms with Crippen molar-refractivity contribution in [3.63, 3.8) is 0 Å². The number of methoxy groups -OCH3 is 3. The second kappa shape index (κ2) is 7.47. The monoisotopic (exact) mass is 357 g/mol. The average molecular weight is 358 g/mol. The van der Waals surface area contributed by atoms with Gasteiger partial charge in [0.25, 0.3) is 0 Å². The molecule has 0 radical (unpaired) electrons. The van der Waals surface area contributed by atoms with Crippen LogP contribution in [0.3, 0.4) is 0 Å². The molecule has 0 spiro atoms. The fraction of sp³-hybridized carbons (Fsp3) is 0.625. The summed E-state index contributed by atoms with van der Waals surface area (Å²) in [5, 5.41) is 3.56. The van der Waals surface area contributed by atoms with Gasteiger partial charge < -0.3 is 19.5 Å². The first-order valence-electron chi connectivity index (χ1n) is 7.24. The number of rotatable bonds is 9. The maximum atomic E-state index is 5.35. The molecule has 5 heteroatoms. The summed E-state index contributed by atoms with van der Waals surface area (Å²) < 4.78 is 16.9. The fourth-order valence-corrected chi connectivity index (χ4v) is 2.97. The minimum absolute atomic E-state index is 0.457. The highest BCUT2D eigenvalue weighted by molar-refractivity contribution is 9.10. The van der Waals surface area contributed by atoms with E-state index in [9.17, 15) is 0 Å². The van der Waals surface area contributed by atoms with E-state index in [0.29, 0.717) is 5.41 Å². The zero-order chi connectivity index (χ0) is 15.3. The van der Waals surface area contributed by atoms with Gasteiger partial charge in [-0.2, -0.15) is 0 Å². The van der Waals surface area contributed by atoms with Crippen LogP contribution in [0.15, 0.2) is 16.6 Å². The predicted octanol–water partition coefficient (Wildman–Crippen LogP) is 3.37. The molecule has 1 aromatic rings. The highest BCUT2D eigenvalue weighted by Gasteiger charge is 2.41. The Morgan fingerprint density at radius 1 is 1.14 bits per heavy atom. The van der Waals surface area contributed by atoms with E-state index < -0.39 is 0 Å². The third kappa shape index (κ3) is 4.34. The van der Waals surface area contributed by atoms with Crippen molar-refractivity contribution in [2.45, 2.75) is 25.8 Å². The van der Waals surface area contributed by atoms with E-state index in [2.05, 4.69) is 21.2 Å². The molecule has 0 amide bonds. The normalized spacial score (nSPS) is 15.8. The van der Waals surface area contributed by atoms with Crippen molar-refractivity contribution in [3.05, 3.63) is 22.2 Å². The Bertz CT molecular complexity index is 475. The van der Waals surface area contributed by atoms with E-state index in [-0.39, 0.29) is 0 Å². The van der Waals surface area contributed by atoms with Crippen molar-refractivity contribution in [2.24, 2.45) is 5.41 Å². The van der Waals surface area contributed by atoms with Crippen LogP contribution in [0.4, 0.5) is 0 Å². The van der Waals surface area contributed by atoms with Gasteiger partial charge in [-0.25, -0.2) is 0 Å². The summed E-state index contributed by atoms with van der Waals surface area (Å²) in [6, 6.07) is 3.97. The zero-order valence-corrected chi connectivity index (χ0v) is 14.6. The van der Waals surface area contributed by atoms with Crippen molar-refractivity contribution in [1.82, 2.24) is 5.32 Å². The molecule has 0 saturated heterocycles. The minimum atomic E-state index is 0.457. The summed E-state index contributed by atoms with van der Waals surface area (Å²) in [4.78, 5) is 0. The molecule has 1 aliphatic carbocycles. The lowest BCUT2D eigenvalue weighted by atomic mass is 10.0. The predicted molar refractivity (Wildman–Crippen MR) is 87.1 cm³/mol. The van der Waals surface area contributed by atoms with Crippen molar-refractivity contribution >= 4 is 15.9 Å². The average Bonchev–Trinajstić information content (AvgIpc) is 3.26. The summed E-state index contributed by atoms with van der Waals surface area (Å²) in [5.74, 6) is 1.50. The molecule has 1 saturated carbocycles. The van der Waals surface area contributed by atoms with Gasteiger partial charge in [-0.3, -0.25) is 0 Å². The van der Waals surface area contributed by atoms with E-state index in [1.807, 2.05) is 12.1 Å². The summed E-state index contributed by atoms with van der Waals surface area (Å²) in [6.45, 7) is 2.70. The number of ether oxygens (including phenoxy) is 3. The number of benzene rings is 1. The van der Waals surface area contributed by atoms with Gasteiger partial charge in [0.15, 0.2) is 11.5 Å². The van der Waals surface area contributed by atoms with Crippen molar-refractivity contribution in [2.75, 3.05) is 34.5 Å². The Morgan fingerprint density at radius 3 is 2.38 bits per heavy atom. The van der Waals surface area contributed by atoms with E-state index >= 15 is 0 Å². The molecule has 1 aromatic carbocycles. The van der Waals surface area contributed by atoms with Crippen LogP contribution in [0, 0.1) is 5.41 Å². The molecule has 4 nitrogen and oxygen atoms in total. The number of hydrogen-bond donors (Lipinski definition) is 1. The molecule has 1 N–H and O–H groups in total. The summed E-state index contributed by atoms with van der Waals surface area (Å²) in [7, 11) is 5.08. The van der Waals surface area contributed by atoms with E-state index in [0.717, 1.165) is 42.1 Å². The van der Waals surface area contributed by atoms with Crippen LogP contribution in [-0.4, -0.2) is 34.5 Å². The number of hydrogen-bond acceptors (Lipinski definition) is 4. The van der Waals surface area contributed by atoms with Crippen molar-refractivity contribution in [3.8, 4) is 11.5 Å². The Hall–Kier alpha value is -0.780. The van der Waals surface area contributed by atoms with Crippen LogP contribution in [0.2, 0.25) is 0 Å². The van der Waals surface area contributed by atoms with E-state index in [1.165, 1.54) is 18.4 Å². The van der Waals surface area contributed by atoms with Crippen LogP contribution in [-0.2, 0) is 11.3 Å². The third-order valence-electron chi connectivity index (χ3n) is 4.16. The molecule has 0 atom stereocenters. The number of halogens is 1. The molecule has 2 rings (SSSR count). The highest BCUT2D eigenvalue weighted by Crippen LogP contribution is 2.48. The quantitative estimate of drug-likeness (QED) is 0.735. The van der Waals surface area contributed by atoms with Crippen LogP contribution >= 0.6 is 15.9 Å². The second-order valence-electron chi connectivity index (χ2n) is 5.64. The Balaban J connectivity index is 1.91. The standard InChI is InChI=1S/C16H24BrNO3/c1-19-7-6-16(4-5-16)11-18-10-12-8-14(20-2)15(21-3)9-13(12)17/h8-9,18H,4-7,10-11H2,1-3H3. The number of nitrogens with one attached hydrogen (secondary N) is 1. The fourth-order valence-electron chi connectivity index (χ4n) is 2.50. The largest absolute Gasteiger partial charge is 0.493 e. The van der Waals surface area contributed by atoms with Gasteiger partial charge in [0.05, 0.1) is 14.2 Å². The molecule has 118 valence electrons. The first-order valence-corrected chi connectivity index (χ1v) is 8.03. The van der Waals surface area contributed by atoms with Gasteiger partial charge in [-0.15, -0.1) is 0 Å². The van der Waals surface area contributed by atoms with Gasteiger partial charge in [-0.05, 0) is 42.4 Å². The Kier molecular flexibility index (Phi) is 5.90. The lowest BCUT2D eigenvalue weighted by molar-refractivity contribution is 0.171. The van der Waals surface area contributed by atoms with Crippen LogP contribution in [0.1, 0.15) is 24.8 Å². The van der Waals surface area contributed by atoms with Crippen molar-refractivity contribution < 1.29 is 14.2 Å². The molecular formula is C16H24BrNO3. The minimum Gasteiger partial charge on any atom is -0.493 e. The Morgan fingerprint density at radius 2 is 1.81 bits per heavy atom. The molecule has 21 heavy (non-hydrogen) atoms. The van der Waals surface area contributed by atoms with Crippen LogP contribution < -0.4 is 14.8 Å². The maximum Gasteiger partial charge on any atom is 0.161 e. The molecule has 0 unspecified atom stereocenters. The van der Waals surface area contributed by atoms with Crippen molar-refractivity contribution in [1.29, 1.82) is 0 Å². The van der Waals surface area contributed by atoms with Gasteiger partial charge >= 0.3 is 0 Å². The lowest BCUT2D eigenvalue weighted by Crippen LogP contribution is -2.24. The van der Waals surface area contributed by atoms with E-state index in [4.69, 9.17) is 14.2 Å². The lowest BCUT2D eigenvalue weighted by Gasteiger charge is -2.17. The smallest absolute Gasteiger partial charge is 0.161 e. The third-order valence-corrected chi connectivity index (χ3v) is 4.90. The molecule has 0 bridgehead atoms. The SMILES string of the molecule is COCCC1(CNCc2cc(OC)c(OC)cc2Br)CC1. The summed E-state index contributed by atoms with van der Waals surface area (Å²) in [6.07, 6.45) is 3.75. The highest BCUT2D eigenvalue weighted by atomic mass is 79.9. The first kappa shape index (κ1) is 16.6. The van der Waals surface area contributed by atoms with Gasteiger partial charge in [0.2, 0.25) is 0 Å². The molecular weight excluding hydrogens is 334 g/mol. The molecule has 1 fully saturated rings. The van der Waals surface area contributed by atoms with Gasteiger partial charge in [0.1, 0.15) is 0 Å². The van der Waals surface area contributed by atoms with E-state index in [1.54, 1.807) is 21.3 Å². The molecule has 1 aliphatic rings. The zero-order valence-electron chi connectivity index (χ0n) is 13.0. The first-order chi connectivity index (χ1) is 10.1. The second-order valence-corrected chi connectivity index (χ2v) is 6.50. The molecule has 0 aliphatic heterocycles. The molecule has 0 heterocycles. The Labute approximate surface area is 135 Å². The topological polar surface area (TPSA) is 39.7 Å². The maximum absolute atomic E-state index is 5.35. The van der Waals surface area contributed by atoms with Gasteiger partial charge in [0, 0.05) is 31.3 Å². The molecule has 0 aromatic heterocycles. The van der Waals surface area contributed by atoms with Crippen LogP contribution in [0.25, 0.3) is 0 Å². The van der Waals surface area contributed by atoms with Gasteiger partial charge in [-0.1, -0.05) is 15.9 Å². The summed E-state index contributed by atoms with van der Waals surface area (Å²) in [5.41, 5.74) is 1.63. The van der Waals surface area contributed by atoms with Crippen LogP contribution in [0.5, 0.6) is 11.5 Å². The summed E-state index contributed by atoms with van der Waals surface area (Å²) >= 11 is 3.59.